The number of amides is 1. The van der Waals surface area contributed by atoms with Gasteiger partial charge in [-0.2, -0.15) is 0 Å². The molecule has 6 nitrogen and oxygen atoms in total. The summed E-state index contributed by atoms with van der Waals surface area (Å²) in [5, 5.41) is 2.56. The van der Waals surface area contributed by atoms with E-state index >= 15 is 0 Å². The summed E-state index contributed by atoms with van der Waals surface area (Å²) in [6.07, 6.45) is 0. The highest BCUT2D eigenvalue weighted by atomic mass is 19.1. The van der Waals surface area contributed by atoms with Gasteiger partial charge in [-0.15, -0.1) is 0 Å². The SMILES string of the molecule is COc1cccc(C(=O)OCC(=O)Nc2ccc(F)cc2C)c1OC. The molecule has 0 atom stereocenters. The molecule has 0 radical (unpaired) electrons. The fourth-order valence-electron chi connectivity index (χ4n) is 2.21. The van der Waals surface area contributed by atoms with Gasteiger partial charge < -0.3 is 19.5 Å². The predicted octanol–water partition coefficient (Wildman–Crippen LogP) is 2.95. The van der Waals surface area contributed by atoms with Crippen LogP contribution in [0.2, 0.25) is 0 Å². The molecule has 7 heteroatoms. The first-order chi connectivity index (χ1) is 12.0. The standard InChI is InChI=1S/C18H18FNO5/c1-11-9-12(19)7-8-14(11)20-16(21)10-25-18(22)13-5-4-6-15(23-2)17(13)24-3/h4-9H,10H2,1-3H3,(H,20,21). The summed E-state index contributed by atoms with van der Waals surface area (Å²) in [5.74, 6) is -1.05. The fraction of sp³-hybridized carbons (Fsp3) is 0.222. The van der Waals surface area contributed by atoms with Crippen molar-refractivity contribution in [3.63, 3.8) is 0 Å². The lowest BCUT2D eigenvalue weighted by molar-refractivity contribution is -0.119. The summed E-state index contributed by atoms with van der Waals surface area (Å²) >= 11 is 0. The molecule has 0 bridgehead atoms. The number of methoxy groups -OCH3 is 2. The van der Waals surface area contributed by atoms with Crippen LogP contribution >= 0.6 is 0 Å². The molecule has 2 rings (SSSR count). The largest absolute Gasteiger partial charge is 0.493 e. The number of anilines is 1. The smallest absolute Gasteiger partial charge is 0.342 e. The van der Waals surface area contributed by atoms with Crippen LogP contribution in [0.3, 0.4) is 0 Å². The molecular weight excluding hydrogens is 329 g/mol. The number of nitrogens with one attached hydrogen (secondary N) is 1. The molecule has 0 aliphatic rings. The maximum atomic E-state index is 13.1. The van der Waals surface area contributed by atoms with Gasteiger partial charge in [0, 0.05) is 5.69 Å². The Morgan fingerprint density at radius 2 is 1.88 bits per heavy atom. The highest BCUT2D eigenvalue weighted by Crippen LogP contribution is 2.31. The molecular formula is C18H18FNO5. The zero-order valence-corrected chi connectivity index (χ0v) is 14.1. The molecule has 132 valence electrons. The molecule has 0 fully saturated rings. The first-order valence-electron chi connectivity index (χ1n) is 7.40. The van der Waals surface area contributed by atoms with Crippen LogP contribution in [0, 0.1) is 12.7 Å². The number of hydrogen-bond acceptors (Lipinski definition) is 5. The summed E-state index contributed by atoms with van der Waals surface area (Å²) in [4.78, 5) is 24.1. The number of carbonyl (C=O) groups excluding carboxylic acids is 2. The van der Waals surface area contributed by atoms with Crippen molar-refractivity contribution >= 4 is 17.6 Å². The number of esters is 1. The van der Waals surface area contributed by atoms with E-state index in [1.807, 2.05) is 0 Å². The summed E-state index contributed by atoms with van der Waals surface area (Å²) in [7, 11) is 2.85. The topological polar surface area (TPSA) is 73.9 Å². The lowest BCUT2D eigenvalue weighted by Crippen LogP contribution is -2.21. The van der Waals surface area contributed by atoms with Crippen LogP contribution in [0.15, 0.2) is 36.4 Å². The second-order valence-electron chi connectivity index (χ2n) is 5.12. The second kappa shape index (κ2) is 8.14. The van der Waals surface area contributed by atoms with Crippen molar-refractivity contribution in [2.75, 3.05) is 26.1 Å². The van der Waals surface area contributed by atoms with E-state index in [-0.39, 0.29) is 11.3 Å². The molecule has 0 heterocycles. The van der Waals surface area contributed by atoms with Gasteiger partial charge >= 0.3 is 5.97 Å². The van der Waals surface area contributed by atoms with Gasteiger partial charge in [-0.25, -0.2) is 9.18 Å². The molecule has 2 aromatic carbocycles. The van der Waals surface area contributed by atoms with Crippen LogP contribution in [0.5, 0.6) is 11.5 Å². The Kier molecular flexibility index (Phi) is 5.94. The summed E-state index contributed by atoms with van der Waals surface area (Å²) in [6.45, 7) is 1.17. The van der Waals surface area contributed by atoms with Gasteiger partial charge in [0.1, 0.15) is 11.4 Å². The first-order valence-corrected chi connectivity index (χ1v) is 7.40. The summed E-state index contributed by atoms with van der Waals surface area (Å²) < 4.78 is 28.3. The first kappa shape index (κ1) is 18.3. The van der Waals surface area contributed by atoms with Gasteiger partial charge in [0.15, 0.2) is 18.1 Å². The Bertz CT molecular complexity index is 791. The van der Waals surface area contributed by atoms with Crippen molar-refractivity contribution in [3.05, 3.63) is 53.3 Å². The minimum absolute atomic E-state index is 0.146. The molecule has 0 spiro atoms. The van der Waals surface area contributed by atoms with Crippen LogP contribution < -0.4 is 14.8 Å². The van der Waals surface area contributed by atoms with Gasteiger partial charge in [-0.1, -0.05) is 6.07 Å². The van der Waals surface area contributed by atoms with E-state index in [2.05, 4.69) is 5.32 Å². The molecule has 0 unspecified atom stereocenters. The number of ether oxygens (including phenoxy) is 3. The van der Waals surface area contributed by atoms with E-state index in [0.717, 1.165) is 0 Å². The van der Waals surface area contributed by atoms with Crippen molar-refractivity contribution < 1.29 is 28.2 Å². The molecule has 1 N–H and O–H groups in total. The number of aryl methyl sites for hydroxylation is 1. The highest BCUT2D eigenvalue weighted by molar-refractivity contribution is 5.97. The molecule has 25 heavy (non-hydrogen) atoms. The van der Waals surface area contributed by atoms with Crippen LogP contribution in [-0.2, 0) is 9.53 Å². The maximum Gasteiger partial charge on any atom is 0.342 e. The van der Waals surface area contributed by atoms with Crippen molar-refractivity contribution in [2.24, 2.45) is 0 Å². The van der Waals surface area contributed by atoms with E-state index < -0.39 is 24.3 Å². The van der Waals surface area contributed by atoms with Crippen LogP contribution in [-0.4, -0.2) is 32.7 Å². The van der Waals surface area contributed by atoms with Gasteiger partial charge in [0.2, 0.25) is 0 Å². The third-order valence-electron chi connectivity index (χ3n) is 3.42. The Balaban J connectivity index is 2.01. The molecule has 0 aliphatic heterocycles. The third-order valence-corrected chi connectivity index (χ3v) is 3.42. The Labute approximate surface area is 144 Å². The minimum atomic E-state index is -0.721. The van der Waals surface area contributed by atoms with Gasteiger partial charge in [-0.05, 0) is 42.8 Å². The molecule has 1 amide bonds. The second-order valence-corrected chi connectivity index (χ2v) is 5.12. The number of rotatable bonds is 6. The highest BCUT2D eigenvalue weighted by Gasteiger charge is 2.18. The molecule has 0 saturated heterocycles. The lowest BCUT2D eigenvalue weighted by atomic mass is 10.2. The zero-order valence-electron chi connectivity index (χ0n) is 14.1. The van der Waals surface area contributed by atoms with Crippen LogP contribution in [0.4, 0.5) is 10.1 Å². The monoisotopic (exact) mass is 347 g/mol. The molecule has 2 aromatic rings. The number of para-hydroxylation sites is 1. The van der Waals surface area contributed by atoms with Gasteiger partial charge in [-0.3, -0.25) is 4.79 Å². The van der Waals surface area contributed by atoms with Gasteiger partial charge in [0.05, 0.1) is 14.2 Å². The van der Waals surface area contributed by atoms with E-state index in [1.54, 1.807) is 19.1 Å². The van der Waals surface area contributed by atoms with Crippen LogP contribution in [0.25, 0.3) is 0 Å². The fourth-order valence-corrected chi connectivity index (χ4v) is 2.21. The Morgan fingerprint density at radius 3 is 2.52 bits per heavy atom. The zero-order chi connectivity index (χ0) is 18.4. The quantitative estimate of drug-likeness (QED) is 0.813. The van der Waals surface area contributed by atoms with Crippen molar-refractivity contribution in [2.45, 2.75) is 6.92 Å². The van der Waals surface area contributed by atoms with E-state index in [0.29, 0.717) is 17.0 Å². The van der Waals surface area contributed by atoms with E-state index in [9.17, 15) is 14.0 Å². The number of halogens is 1. The molecule has 0 aliphatic carbocycles. The van der Waals surface area contributed by atoms with Crippen molar-refractivity contribution in [1.82, 2.24) is 0 Å². The van der Waals surface area contributed by atoms with Crippen LogP contribution in [0.1, 0.15) is 15.9 Å². The Hall–Kier alpha value is -3.09. The van der Waals surface area contributed by atoms with E-state index in [1.165, 1.54) is 38.5 Å². The summed E-state index contributed by atoms with van der Waals surface area (Å²) in [6, 6.07) is 8.72. The minimum Gasteiger partial charge on any atom is -0.493 e. The normalized spacial score (nSPS) is 10.1. The van der Waals surface area contributed by atoms with Gasteiger partial charge in [0.25, 0.3) is 5.91 Å². The number of hydrogen-bond donors (Lipinski definition) is 1. The van der Waals surface area contributed by atoms with Crippen molar-refractivity contribution in [3.8, 4) is 11.5 Å². The molecule has 0 saturated carbocycles. The average molecular weight is 347 g/mol. The predicted molar refractivity (Wildman–Crippen MR) is 89.6 cm³/mol. The molecule has 0 aromatic heterocycles. The number of benzene rings is 2. The average Bonchev–Trinajstić information content (AvgIpc) is 2.61. The van der Waals surface area contributed by atoms with E-state index in [4.69, 9.17) is 14.2 Å². The summed E-state index contributed by atoms with van der Waals surface area (Å²) in [5.41, 5.74) is 1.16. The number of carbonyl (C=O) groups is 2. The Morgan fingerprint density at radius 1 is 1.12 bits per heavy atom. The lowest BCUT2D eigenvalue weighted by Gasteiger charge is -2.12. The third kappa shape index (κ3) is 4.47. The van der Waals surface area contributed by atoms with Crippen molar-refractivity contribution in [1.29, 1.82) is 0 Å². The maximum absolute atomic E-state index is 13.1.